The van der Waals surface area contributed by atoms with Crippen LogP contribution in [0.5, 0.6) is 0 Å². The zero-order valence-corrected chi connectivity index (χ0v) is 16.5. The van der Waals surface area contributed by atoms with Gasteiger partial charge in [0.1, 0.15) is 6.29 Å². The molecule has 4 nitrogen and oxygen atoms in total. The molecular formula is C22H35N3O. The van der Waals surface area contributed by atoms with Gasteiger partial charge in [0.2, 0.25) is 0 Å². The van der Waals surface area contributed by atoms with E-state index in [1.54, 1.807) is 0 Å². The fourth-order valence-corrected chi connectivity index (χ4v) is 4.73. The number of hydrogen-bond acceptors (Lipinski definition) is 4. The molecule has 144 valence electrons. The largest absolute Gasteiger partial charge is 0.324 e. The number of carbonyl (C=O) groups excluding carboxylic acids is 1. The molecule has 0 saturated carbocycles. The number of aryl methyl sites for hydroxylation is 1. The van der Waals surface area contributed by atoms with E-state index >= 15 is 0 Å². The Hall–Kier alpha value is -1.23. The minimum atomic E-state index is 0.247. The number of aldehydes is 1. The van der Waals surface area contributed by atoms with Crippen molar-refractivity contribution in [1.29, 1.82) is 0 Å². The standard InChI is InChI=1S/C16H24N2.C6H11NO/c1-12-3-4-13-10-16(5-7-18(2)8-6-16)11-15(17)14(13)9-12;8-5-6-1-3-7-4-2-6/h3-4,9,15H,5-8,10-11,17H2,1-2H3;5-7H,1-4H2. The first-order valence-corrected chi connectivity index (χ1v) is 10.2. The van der Waals surface area contributed by atoms with Crippen LogP contribution in [0.2, 0.25) is 0 Å². The monoisotopic (exact) mass is 357 g/mol. The van der Waals surface area contributed by atoms with E-state index in [2.05, 4.69) is 42.4 Å². The third-order valence-corrected chi connectivity index (χ3v) is 6.54. The van der Waals surface area contributed by atoms with Crippen molar-refractivity contribution in [3.8, 4) is 0 Å². The Kier molecular flexibility index (Phi) is 6.49. The van der Waals surface area contributed by atoms with Crippen molar-refractivity contribution in [1.82, 2.24) is 10.2 Å². The van der Waals surface area contributed by atoms with E-state index in [1.165, 1.54) is 55.5 Å². The second-order valence-electron chi connectivity index (χ2n) is 8.72. The fraction of sp³-hybridized carbons (Fsp3) is 0.682. The Morgan fingerprint density at radius 2 is 1.92 bits per heavy atom. The van der Waals surface area contributed by atoms with Crippen LogP contribution in [0.15, 0.2) is 18.2 Å². The zero-order valence-electron chi connectivity index (χ0n) is 16.5. The third kappa shape index (κ3) is 4.73. The molecule has 1 aromatic carbocycles. The molecule has 0 radical (unpaired) electrons. The highest BCUT2D eigenvalue weighted by atomic mass is 16.1. The SMILES string of the molecule is Cc1ccc2c(c1)C(N)CC1(CCN(C)CC1)C2.O=CC1CCNCC1. The number of likely N-dealkylation sites (tertiary alicyclic amines) is 1. The summed E-state index contributed by atoms with van der Waals surface area (Å²) < 4.78 is 0. The van der Waals surface area contributed by atoms with Crippen LogP contribution in [-0.4, -0.2) is 44.4 Å². The number of rotatable bonds is 1. The van der Waals surface area contributed by atoms with Crippen molar-refractivity contribution in [3.63, 3.8) is 0 Å². The molecule has 2 fully saturated rings. The van der Waals surface area contributed by atoms with Gasteiger partial charge >= 0.3 is 0 Å². The maximum absolute atomic E-state index is 10.1. The second-order valence-corrected chi connectivity index (χ2v) is 8.72. The average molecular weight is 358 g/mol. The first kappa shape index (κ1) is 19.5. The van der Waals surface area contributed by atoms with E-state index in [1.807, 2.05) is 0 Å². The number of benzene rings is 1. The second kappa shape index (κ2) is 8.64. The molecule has 0 aromatic heterocycles. The van der Waals surface area contributed by atoms with Crippen molar-refractivity contribution in [2.45, 2.75) is 51.5 Å². The van der Waals surface area contributed by atoms with Crippen LogP contribution in [0.4, 0.5) is 0 Å². The molecule has 0 amide bonds. The lowest BCUT2D eigenvalue weighted by atomic mass is 9.65. The molecule has 2 aliphatic heterocycles. The van der Waals surface area contributed by atoms with Crippen LogP contribution in [0.25, 0.3) is 0 Å². The molecule has 1 atom stereocenters. The van der Waals surface area contributed by atoms with Gasteiger partial charge in [-0.1, -0.05) is 23.8 Å². The fourth-order valence-electron chi connectivity index (χ4n) is 4.73. The van der Waals surface area contributed by atoms with Crippen molar-refractivity contribution in [2.24, 2.45) is 17.1 Å². The van der Waals surface area contributed by atoms with E-state index in [0.29, 0.717) is 11.3 Å². The van der Waals surface area contributed by atoms with E-state index in [9.17, 15) is 4.79 Å². The summed E-state index contributed by atoms with van der Waals surface area (Å²) in [5.74, 6) is 0.344. The van der Waals surface area contributed by atoms with E-state index in [0.717, 1.165) is 32.2 Å². The number of nitrogens with two attached hydrogens (primary N) is 1. The average Bonchev–Trinajstić information content (AvgIpc) is 2.66. The minimum absolute atomic E-state index is 0.247. The Morgan fingerprint density at radius 3 is 2.54 bits per heavy atom. The van der Waals surface area contributed by atoms with Gasteiger partial charge in [0.15, 0.2) is 0 Å². The van der Waals surface area contributed by atoms with Crippen LogP contribution in [0.1, 0.15) is 54.8 Å². The van der Waals surface area contributed by atoms with Gasteiger partial charge in [0.05, 0.1) is 0 Å². The molecule has 0 bridgehead atoms. The molecular weight excluding hydrogens is 322 g/mol. The molecule has 4 rings (SSSR count). The Bertz CT molecular complexity index is 601. The van der Waals surface area contributed by atoms with Crippen LogP contribution in [0.3, 0.4) is 0 Å². The molecule has 1 aliphatic carbocycles. The maximum atomic E-state index is 10.1. The van der Waals surface area contributed by atoms with E-state index in [4.69, 9.17) is 5.73 Å². The smallest absolute Gasteiger partial charge is 0.123 e. The molecule has 1 spiro atoms. The van der Waals surface area contributed by atoms with Crippen LogP contribution < -0.4 is 11.1 Å². The van der Waals surface area contributed by atoms with Crippen molar-refractivity contribution >= 4 is 6.29 Å². The van der Waals surface area contributed by atoms with Crippen molar-refractivity contribution < 1.29 is 4.79 Å². The summed E-state index contributed by atoms with van der Waals surface area (Å²) in [5, 5.41) is 3.19. The number of nitrogens with zero attached hydrogens (tertiary/aromatic N) is 1. The van der Waals surface area contributed by atoms with Crippen LogP contribution in [-0.2, 0) is 11.2 Å². The number of fused-ring (bicyclic) bond motifs is 1. The Balaban J connectivity index is 0.000000206. The van der Waals surface area contributed by atoms with Crippen LogP contribution >= 0.6 is 0 Å². The highest BCUT2D eigenvalue weighted by Gasteiger charge is 2.39. The molecule has 26 heavy (non-hydrogen) atoms. The lowest BCUT2D eigenvalue weighted by Gasteiger charge is -2.46. The van der Waals surface area contributed by atoms with E-state index < -0.39 is 0 Å². The Morgan fingerprint density at radius 1 is 1.23 bits per heavy atom. The minimum Gasteiger partial charge on any atom is -0.324 e. The highest BCUT2D eigenvalue weighted by molar-refractivity contribution is 5.53. The zero-order chi connectivity index (χ0) is 18.6. The summed E-state index contributed by atoms with van der Waals surface area (Å²) in [6, 6.07) is 7.09. The molecule has 4 heteroatoms. The lowest BCUT2D eigenvalue weighted by molar-refractivity contribution is -0.111. The molecule has 2 saturated heterocycles. The van der Waals surface area contributed by atoms with Crippen LogP contribution in [0, 0.1) is 18.3 Å². The quantitative estimate of drug-likeness (QED) is 0.759. The predicted octanol–water partition coefficient (Wildman–Crippen LogP) is 2.84. The van der Waals surface area contributed by atoms with Gasteiger partial charge in [-0.15, -0.1) is 0 Å². The summed E-state index contributed by atoms with van der Waals surface area (Å²) in [4.78, 5) is 12.6. The van der Waals surface area contributed by atoms with E-state index in [-0.39, 0.29) is 6.04 Å². The van der Waals surface area contributed by atoms with Gasteiger partial charge < -0.3 is 20.7 Å². The van der Waals surface area contributed by atoms with Gasteiger partial charge in [-0.3, -0.25) is 0 Å². The van der Waals surface area contributed by atoms with Crippen molar-refractivity contribution in [3.05, 3.63) is 34.9 Å². The number of piperidine rings is 2. The summed E-state index contributed by atoms with van der Waals surface area (Å²) in [6.07, 6.45) is 8.17. The molecule has 3 aliphatic rings. The molecule has 2 heterocycles. The highest BCUT2D eigenvalue weighted by Crippen LogP contribution is 2.46. The summed E-state index contributed by atoms with van der Waals surface area (Å²) in [6.45, 7) is 6.65. The first-order chi connectivity index (χ1) is 12.5. The molecule has 1 unspecified atom stereocenters. The lowest BCUT2D eigenvalue weighted by Crippen LogP contribution is -2.43. The number of carbonyl (C=O) groups is 1. The van der Waals surface area contributed by atoms with Gasteiger partial charge in [-0.25, -0.2) is 0 Å². The number of hydrogen-bond donors (Lipinski definition) is 2. The summed E-state index contributed by atoms with van der Waals surface area (Å²) in [7, 11) is 2.23. The van der Waals surface area contributed by atoms with Gasteiger partial charge in [0.25, 0.3) is 0 Å². The number of nitrogens with one attached hydrogen (secondary N) is 1. The maximum Gasteiger partial charge on any atom is 0.123 e. The first-order valence-electron chi connectivity index (χ1n) is 10.2. The van der Waals surface area contributed by atoms with Crippen molar-refractivity contribution in [2.75, 3.05) is 33.2 Å². The van der Waals surface area contributed by atoms with Gasteiger partial charge in [0, 0.05) is 12.0 Å². The summed E-state index contributed by atoms with van der Waals surface area (Å²) >= 11 is 0. The third-order valence-electron chi connectivity index (χ3n) is 6.54. The molecule has 3 N–H and O–H groups in total. The van der Waals surface area contributed by atoms with Gasteiger partial charge in [-0.2, -0.15) is 0 Å². The topological polar surface area (TPSA) is 58.4 Å². The Labute approximate surface area is 158 Å². The normalized spacial score (nSPS) is 25.9. The summed E-state index contributed by atoms with van der Waals surface area (Å²) in [5.41, 5.74) is 11.2. The molecule has 1 aromatic rings. The predicted molar refractivity (Wildman–Crippen MR) is 107 cm³/mol. The van der Waals surface area contributed by atoms with Gasteiger partial charge in [-0.05, 0) is 95.2 Å².